The van der Waals surface area contributed by atoms with Crippen LogP contribution in [0.5, 0.6) is 0 Å². The molecule has 0 atom stereocenters. The molecule has 0 saturated carbocycles. The molecule has 0 fully saturated rings. The minimum absolute atomic E-state index is 0.226. The van der Waals surface area contributed by atoms with Crippen molar-refractivity contribution in [3.8, 4) is 0 Å². The molecule has 0 aliphatic rings. The van der Waals surface area contributed by atoms with Gasteiger partial charge < -0.3 is 13.9 Å². The van der Waals surface area contributed by atoms with Crippen LogP contribution < -0.4 is 9.46 Å². The van der Waals surface area contributed by atoms with Gasteiger partial charge in [0.1, 0.15) is 12.4 Å². The van der Waals surface area contributed by atoms with Crippen molar-refractivity contribution >= 4 is 7.82 Å². The molecule has 1 aromatic rings. The molecule has 0 unspecified atom stereocenters. The first-order valence-electron chi connectivity index (χ1n) is 10.6. The maximum absolute atomic E-state index is 11.0. The van der Waals surface area contributed by atoms with Gasteiger partial charge in [-0.3, -0.25) is 4.57 Å². The quantitative estimate of drug-likeness (QED) is 0.238. The van der Waals surface area contributed by atoms with Gasteiger partial charge >= 0.3 is 0 Å². The highest BCUT2D eigenvalue weighted by Crippen LogP contribution is 2.38. The Morgan fingerprint density at radius 2 is 1.44 bits per heavy atom. The summed E-state index contributed by atoms with van der Waals surface area (Å²) in [5.41, 5.74) is 0. The van der Waals surface area contributed by atoms with Gasteiger partial charge in [-0.15, -0.1) is 0 Å². The van der Waals surface area contributed by atoms with E-state index < -0.39 is 7.82 Å². The van der Waals surface area contributed by atoms with Crippen molar-refractivity contribution < 1.29 is 23.1 Å². The fourth-order valence-electron chi connectivity index (χ4n) is 2.33. The van der Waals surface area contributed by atoms with Gasteiger partial charge in [0.05, 0.1) is 26.3 Å². The van der Waals surface area contributed by atoms with Crippen LogP contribution in [0.3, 0.4) is 0 Å². The minimum atomic E-state index is -4.00. The lowest BCUT2D eigenvalue weighted by molar-refractivity contribution is -0.693. The predicted octanol–water partition coefficient (Wildman–Crippen LogP) is 4.85. The second kappa shape index (κ2) is 17.4. The van der Waals surface area contributed by atoms with E-state index in [1.165, 1.54) is 38.6 Å². The van der Waals surface area contributed by atoms with Gasteiger partial charge in [-0.1, -0.05) is 52.9 Å². The van der Waals surface area contributed by atoms with E-state index in [9.17, 15) is 9.46 Å². The average Bonchev–Trinajstić information content (AvgIpc) is 3.10. The molecule has 0 bridgehead atoms. The highest BCUT2D eigenvalue weighted by molar-refractivity contribution is 7.45. The molecular weight excluding hydrogens is 363 g/mol. The van der Waals surface area contributed by atoms with Gasteiger partial charge in [-0.05, 0) is 32.6 Å². The summed E-state index contributed by atoms with van der Waals surface area (Å²) in [7, 11) is -4.00. The van der Waals surface area contributed by atoms with Gasteiger partial charge in [0.15, 0.2) is 0 Å². The van der Waals surface area contributed by atoms with E-state index in [4.69, 9.17) is 0 Å². The summed E-state index contributed by atoms with van der Waals surface area (Å²) in [6, 6.07) is 0. The number of nitrogens with zero attached hydrogens (tertiary/aromatic N) is 2. The summed E-state index contributed by atoms with van der Waals surface area (Å²) in [6.45, 7) is 11.1. The van der Waals surface area contributed by atoms with Crippen LogP contribution in [0.4, 0.5) is 0 Å². The standard InChI is InChI=1S/C12H23N2.C8H19O4P/c1-3-5-6-7-8-9-14-11-10-13(4-2)12-14;1-3-5-7-11-13(9,10)12-8-6-4-2/h10-12H,3-9H2,1-2H3;3-8H2,1-2H3,(H,9,10)/q+1;/p-1. The summed E-state index contributed by atoms with van der Waals surface area (Å²) >= 11 is 0. The van der Waals surface area contributed by atoms with Crippen molar-refractivity contribution in [3.63, 3.8) is 0 Å². The van der Waals surface area contributed by atoms with Gasteiger partial charge in [-0.25, -0.2) is 9.13 Å². The zero-order valence-electron chi connectivity index (χ0n) is 17.9. The first kappa shape index (κ1) is 26.3. The number of aryl methyl sites for hydroxylation is 2. The Morgan fingerprint density at radius 1 is 0.889 bits per heavy atom. The zero-order valence-corrected chi connectivity index (χ0v) is 18.8. The lowest BCUT2D eigenvalue weighted by Gasteiger charge is -2.22. The Bertz CT molecular complexity index is 480. The van der Waals surface area contributed by atoms with Crippen molar-refractivity contribution in [2.45, 2.75) is 98.6 Å². The van der Waals surface area contributed by atoms with Crippen LogP contribution in [0.1, 0.15) is 85.5 Å². The Balaban J connectivity index is 0.000000503. The molecule has 0 saturated heterocycles. The highest BCUT2D eigenvalue weighted by Gasteiger charge is 2.07. The maximum atomic E-state index is 11.0. The Morgan fingerprint density at radius 3 is 1.93 bits per heavy atom. The molecule has 0 aliphatic carbocycles. The van der Waals surface area contributed by atoms with Crippen LogP contribution in [0.15, 0.2) is 18.7 Å². The van der Waals surface area contributed by atoms with E-state index in [1.54, 1.807) is 0 Å². The van der Waals surface area contributed by atoms with Crippen LogP contribution in [0.2, 0.25) is 0 Å². The molecule has 0 spiro atoms. The molecule has 6 nitrogen and oxygen atoms in total. The highest BCUT2D eigenvalue weighted by atomic mass is 31.2. The van der Waals surface area contributed by atoms with Crippen molar-refractivity contribution in [2.24, 2.45) is 0 Å². The van der Waals surface area contributed by atoms with E-state index in [1.807, 2.05) is 13.8 Å². The third kappa shape index (κ3) is 16.0. The van der Waals surface area contributed by atoms with Crippen LogP contribution >= 0.6 is 7.82 Å². The minimum Gasteiger partial charge on any atom is -0.756 e. The maximum Gasteiger partial charge on any atom is 0.267 e. The SMILES string of the molecule is CCCCCCCn1cc[n+](CC)c1.CCCCOP(=O)([O-])OCCCC. The second-order valence-corrected chi connectivity index (χ2v) is 8.13. The van der Waals surface area contributed by atoms with E-state index in [-0.39, 0.29) is 13.2 Å². The number of phosphoric ester groups is 1. The first-order chi connectivity index (χ1) is 13.0. The fourth-order valence-corrected chi connectivity index (χ4v) is 3.11. The third-order valence-corrected chi connectivity index (χ3v) is 5.12. The van der Waals surface area contributed by atoms with E-state index in [0.717, 1.165) is 32.2 Å². The molecule has 0 aromatic carbocycles. The monoisotopic (exact) mass is 404 g/mol. The average molecular weight is 405 g/mol. The molecule has 0 amide bonds. The second-order valence-electron chi connectivity index (χ2n) is 6.72. The Hall–Kier alpha value is -0.680. The number of imidazole rings is 1. The number of phosphoric acid groups is 1. The molecule has 27 heavy (non-hydrogen) atoms. The molecule has 1 rings (SSSR count). The van der Waals surface area contributed by atoms with Gasteiger partial charge in [0, 0.05) is 0 Å². The van der Waals surface area contributed by atoms with Crippen molar-refractivity contribution in [2.75, 3.05) is 13.2 Å². The third-order valence-electron chi connectivity index (χ3n) is 4.13. The summed E-state index contributed by atoms with van der Waals surface area (Å²) < 4.78 is 24.7. The summed E-state index contributed by atoms with van der Waals surface area (Å²) in [5.74, 6) is 0. The first-order valence-corrected chi connectivity index (χ1v) is 12.1. The largest absolute Gasteiger partial charge is 0.756 e. The van der Waals surface area contributed by atoms with Gasteiger partial charge in [0.2, 0.25) is 6.33 Å². The number of hydrogen-bond donors (Lipinski definition) is 0. The number of hydrogen-bond acceptors (Lipinski definition) is 4. The summed E-state index contributed by atoms with van der Waals surface area (Å²) in [5, 5.41) is 0. The van der Waals surface area contributed by atoms with Crippen LogP contribution in [-0.4, -0.2) is 17.8 Å². The molecule has 0 radical (unpaired) electrons. The smallest absolute Gasteiger partial charge is 0.267 e. The van der Waals surface area contributed by atoms with Crippen molar-refractivity contribution in [3.05, 3.63) is 18.7 Å². The molecular formula is C20H41N2O4P. The molecule has 1 aromatic heterocycles. The van der Waals surface area contributed by atoms with E-state index >= 15 is 0 Å². The zero-order chi connectivity index (χ0) is 20.4. The van der Waals surface area contributed by atoms with Crippen molar-refractivity contribution in [1.82, 2.24) is 4.57 Å². The molecule has 0 aliphatic heterocycles. The molecule has 7 heteroatoms. The van der Waals surface area contributed by atoms with Crippen molar-refractivity contribution in [1.29, 1.82) is 0 Å². The summed E-state index contributed by atoms with van der Waals surface area (Å²) in [4.78, 5) is 11.0. The molecule has 1 heterocycles. The predicted molar refractivity (Wildman–Crippen MR) is 108 cm³/mol. The van der Waals surface area contributed by atoms with E-state index in [0.29, 0.717) is 0 Å². The van der Waals surface area contributed by atoms with Crippen LogP contribution in [0.25, 0.3) is 0 Å². The van der Waals surface area contributed by atoms with Gasteiger partial charge in [-0.2, -0.15) is 0 Å². The lowest BCUT2D eigenvalue weighted by atomic mass is 10.1. The normalized spacial score (nSPS) is 11.3. The topological polar surface area (TPSA) is 67.4 Å². The molecule has 160 valence electrons. The van der Waals surface area contributed by atoms with E-state index in [2.05, 4.69) is 50.8 Å². The van der Waals surface area contributed by atoms with Crippen LogP contribution in [0, 0.1) is 0 Å². The van der Waals surface area contributed by atoms with Crippen LogP contribution in [-0.2, 0) is 26.7 Å². The fraction of sp³-hybridized carbons (Fsp3) is 0.850. The Kier molecular flexibility index (Phi) is 17.0. The number of rotatable bonds is 15. The number of unbranched alkanes of at least 4 members (excludes halogenated alkanes) is 6. The number of aromatic nitrogens is 2. The Labute approximate surface area is 166 Å². The summed E-state index contributed by atoms with van der Waals surface area (Å²) in [6.07, 6.45) is 16.6. The molecule has 0 N–H and O–H groups in total. The lowest BCUT2D eigenvalue weighted by Crippen LogP contribution is -2.28. The van der Waals surface area contributed by atoms with Gasteiger partial charge in [0.25, 0.3) is 7.82 Å².